The first-order chi connectivity index (χ1) is 9.04. The second kappa shape index (κ2) is 5.53. The summed E-state index contributed by atoms with van der Waals surface area (Å²) in [7, 11) is 1.31. The lowest BCUT2D eigenvalue weighted by Gasteiger charge is -2.11. The molecule has 0 bridgehead atoms. The third-order valence-corrected chi connectivity index (χ3v) is 3.36. The van der Waals surface area contributed by atoms with E-state index >= 15 is 0 Å². The topological polar surface area (TPSA) is 26.3 Å². The van der Waals surface area contributed by atoms with Crippen molar-refractivity contribution in [2.24, 2.45) is 0 Å². The van der Waals surface area contributed by atoms with Crippen molar-refractivity contribution in [3.8, 4) is 11.1 Å². The summed E-state index contributed by atoms with van der Waals surface area (Å²) in [6.45, 7) is 1.69. The van der Waals surface area contributed by atoms with Gasteiger partial charge in [-0.25, -0.2) is 9.18 Å². The first kappa shape index (κ1) is 13.7. The van der Waals surface area contributed by atoms with Gasteiger partial charge in [-0.3, -0.25) is 0 Å². The third-order valence-electron chi connectivity index (χ3n) is 2.87. The van der Waals surface area contributed by atoms with E-state index in [1.54, 1.807) is 43.3 Å². The molecular weight excluding hydrogens is 311 g/mol. The Morgan fingerprint density at radius 3 is 2.63 bits per heavy atom. The average molecular weight is 323 g/mol. The minimum Gasteiger partial charge on any atom is -0.465 e. The number of benzene rings is 2. The van der Waals surface area contributed by atoms with Gasteiger partial charge in [0.25, 0.3) is 0 Å². The second-order valence-corrected chi connectivity index (χ2v) is 5.03. The Morgan fingerprint density at radius 1 is 1.21 bits per heavy atom. The molecule has 2 aromatic carbocycles. The van der Waals surface area contributed by atoms with Crippen molar-refractivity contribution in [1.29, 1.82) is 0 Å². The standard InChI is InChI=1S/C15H12BrFO2/c1-9-4-3-5-11(14(9)17)13-8-10(16)6-7-12(13)15(18)19-2/h3-8H,1-2H3. The van der Waals surface area contributed by atoms with Crippen LogP contribution in [-0.4, -0.2) is 13.1 Å². The highest BCUT2D eigenvalue weighted by Crippen LogP contribution is 2.30. The zero-order chi connectivity index (χ0) is 14.0. The molecule has 0 heterocycles. The zero-order valence-electron chi connectivity index (χ0n) is 10.5. The van der Waals surface area contributed by atoms with Gasteiger partial charge >= 0.3 is 5.97 Å². The van der Waals surface area contributed by atoms with Crippen molar-refractivity contribution in [2.45, 2.75) is 6.92 Å². The fourth-order valence-electron chi connectivity index (χ4n) is 1.88. The van der Waals surface area contributed by atoms with E-state index in [1.165, 1.54) is 7.11 Å². The van der Waals surface area contributed by atoms with E-state index in [4.69, 9.17) is 4.74 Å². The van der Waals surface area contributed by atoms with Crippen LogP contribution in [0.15, 0.2) is 40.9 Å². The van der Waals surface area contributed by atoms with Gasteiger partial charge in [-0.2, -0.15) is 0 Å². The van der Waals surface area contributed by atoms with Crippen molar-refractivity contribution >= 4 is 21.9 Å². The lowest BCUT2D eigenvalue weighted by Crippen LogP contribution is -2.04. The Hall–Kier alpha value is -1.68. The van der Waals surface area contributed by atoms with Crippen LogP contribution in [0.25, 0.3) is 11.1 Å². The molecular formula is C15H12BrFO2. The Kier molecular flexibility index (Phi) is 4.00. The van der Waals surface area contributed by atoms with Crippen molar-refractivity contribution in [3.05, 3.63) is 57.8 Å². The minimum atomic E-state index is -0.483. The quantitative estimate of drug-likeness (QED) is 0.768. The fraction of sp³-hybridized carbons (Fsp3) is 0.133. The van der Waals surface area contributed by atoms with Crippen molar-refractivity contribution in [1.82, 2.24) is 0 Å². The largest absolute Gasteiger partial charge is 0.465 e. The Labute approximate surface area is 119 Å². The van der Waals surface area contributed by atoms with Gasteiger partial charge in [-0.05, 0) is 30.7 Å². The van der Waals surface area contributed by atoms with Crippen LogP contribution in [0.4, 0.5) is 4.39 Å². The highest BCUT2D eigenvalue weighted by molar-refractivity contribution is 9.10. The van der Waals surface area contributed by atoms with Crippen LogP contribution in [0.5, 0.6) is 0 Å². The van der Waals surface area contributed by atoms with Gasteiger partial charge in [0.15, 0.2) is 0 Å². The molecule has 0 aliphatic heterocycles. The lowest BCUT2D eigenvalue weighted by molar-refractivity contribution is 0.0601. The summed E-state index contributed by atoms with van der Waals surface area (Å²) in [6, 6.07) is 10.2. The molecule has 0 saturated carbocycles. The molecule has 0 saturated heterocycles. The molecule has 2 rings (SSSR count). The molecule has 0 N–H and O–H groups in total. The third kappa shape index (κ3) is 2.68. The molecule has 0 amide bonds. The summed E-state index contributed by atoms with van der Waals surface area (Å²) in [6.07, 6.45) is 0. The molecule has 2 nitrogen and oxygen atoms in total. The van der Waals surface area contributed by atoms with Crippen LogP contribution in [0.2, 0.25) is 0 Å². The van der Waals surface area contributed by atoms with Gasteiger partial charge in [-0.1, -0.05) is 34.1 Å². The van der Waals surface area contributed by atoms with Crippen molar-refractivity contribution in [3.63, 3.8) is 0 Å². The summed E-state index contributed by atoms with van der Waals surface area (Å²) in [4.78, 5) is 11.8. The molecule has 0 aliphatic carbocycles. The molecule has 0 aliphatic rings. The van der Waals surface area contributed by atoms with Crippen LogP contribution < -0.4 is 0 Å². The highest BCUT2D eigenvalue weighted by Gasteiger charge is 2.17. The average Bonchev–Trinajstić information content (AvgIpc) is 2.41. The fourth-order valence-corrected chi connectivity index (χ4v) is 2.24. The van der Waals surface area contributed by atoms with Gasteiger partial charge in [-0.15, -0.1) is 0 Å². The van der Waals surface area contributed by atoms with E-state index in [1.807, 2.05) is 0 Å². The predicted octanol–water partition coefficient (Wildman–Crippen LogP) is 4.35. The normalized spacial score (nSPS) is 10.3. The van der Waals surface area contributed by atoms with Crippen molar-refractivity contribution in [2.75, 3.05) is 7.11 Å². The summed E-state index contributed by atoms with van der Waals surface area (Å²) in [5.74, 6) is -0.811. The summed E-state index contributed by atoms with van der Waals surface area (Å²) < 4.78 is 19.7. The maximum atomic E-state index is 14.2. The number of aryl methyl sites for hydroxylation is 1. The number of hydrogen-bond donors (Lipinski definition) is 0. The van der Waals surface area contributed by atoms with Crippen LogP contribution >= 0.6 is 15.9 Å². The van der Waals surface area contributed by atoms with Gasteiger partial charge in [0.2, 0.25) is 0 Å². The summed E-state index contributed by atoms with van der Waals surface area (Å²) in [5.41, 5.74) is 1.78. The molecule has 4 heteroatoms. The summed E-state index contributed by atoms with van der Waals surface area (Å²) in [5, 5.41) is 0. The predicted molar refractivity (Wildman–Crippen MR) is 75.6 cm³/mol. The van der Waals surface area contributed by atoms with Gasteiger partial charge in [0, 0.05) is 15.6 Å². The lowest BCUT2D eigenvalue weighted by atomic mass is 9.97. The Morgan fingerprint density at radius 2 is 1.95 bits per heavy atom. The van der Waals surface area contributed by atoms with Crippen molar-refractivity contribution < 1.29 is 13.9 Å². The number of ether oxygens (including phenoxy) is 1. The molecule has 0 radical (unpaired) electrons. The number of rotatable bonds is 2. The van der Waals surface area contributed by atoms with Crippen LogP contribution in [0, 0.1) is 12.7 Å². The zero-order valence-corrected chi connectivity index (χ0v) is 12.1. The number of esters is 1. The van der Waals surface area contributed by atoms with E-state index < -0.39 is 5.97 Å². The van der Waals surface area contributed by atoms with Crippen LogP contribution in [-0.2, 0) is 4.74 Å². The van der Waals surface area contributed by atoms with E-state index in [2.05, 4.69) is 15.9 Å². The molecule has 0 atom stereocenters. The molecule has 98 valence electrons. The Balaban J connectivity index is 2.70. The molecule has 2 aromatic rings. The number of carbonyl (C=O) groups is 1. The van der Waals surface area contributed by atoms with Gasteiger partial charge < -0.3 is 4.74 Å². The van der Waals surface area contributed by atoms with Crippen LogP contribution in [0.1, 0.15) is 15.9 Å². The van der Waals surface area contributed by atoms with Crippen LogP contribution in [0.3, 0.4) is 0 Å². The molecule has 0 unspecified atom stereocenters. The maximum Gasteiger partial charge on any atom is 0.338 e. The first-order valence-corrected chi connectivity index (χ1v) is 6.47. The number of carbonyl (C=O) groups excluding carboxylic acids is 1. The van der Waals surface area contributed by atoms with Gasteiger partial charge in [0.1, 0.15) is 5.82 Å². The van der Waals surface area contributed by atoms with Gasteiger partial charge in [0.05, 0.1) is 12.7 Å². The Bertz CT molecular complexity index is 638. The SMILES string of the molecule is COC(=O)c1ccc(Br)cc1-c1cccc(C)c1F. The van der Waals surface area contributed by atoms with E-state index in [0.29, 0.717) is 22.3 Å². The first-order valence-electron chi connectivity index (χ1n) is 5.68. The molecule has 0 aromatic heterocycles. The molecule has 19 heavy (non-hydrogen) atoms. The molecule has 0 spiro atoms. The number of hydrogen-bond acceptors (Lipinski definition) is 2. The summed E-state index contributed by atoms with van der Waals surface area (Å²) >= 11 is 3.33. The highest BCUT2D eigenvalue weighted by atomic mass is 79.9. The minimum absolute atomic E-state index is 0.328. The second-order valence-electron chi connectivity index (χ2n) is 4.12. The van der Waals surface area contributed by atoms with E-state index in [9.17, 15) is 9.18 Å². The monoisotopic (exact) mass is 322 g/mol. The number of halogens is 2. The number of methoxy groups -OCH3 is 1. The van der Waals surface area contributed by atoms with E-state index in [0.717, 1.165) is 4.47 Å². The van der Waals surface area contributed by atoms with E-state index in [-0.39, 0.29) is 5.82 Å². The smallest absolute Gasteiger partial charge is 0.338 e. The maximum absolute atomic E-state index is 14.2. The molecule has 0 fully saturated rings.